The Hall–Kier alpha value is -3.36. The Kier molecular flexibility index (Phi) is 11.0. The first kappa shape index (κ1) is 31.6. The zero-order chi connectivity index (χ0) is 30.1. The number of para-hydroxylation sites is 1. The van der Waals surface area contributed by atoms with Crippen LogP contribution in [-0.2, 0) is 32.6 Å². The third kappa shape index (κ3) is 8.82. The molecular formula is C33H40ClN3O4S. The van der Waals surface area contributed by atoms with E-state index in [0.29, 0.717) is 23.6 Å². The average Bonchev–Trinajstić information content (AvgIpc) is 3.47. The van der Waals surface area contributed by atoms with E-state index in [1.54, 1.807) is 29.2 Å². The lowest BCUT2D eigenvalue weighted by atomic mass is 10.0. The largest absolute Gasteiger partial charge is 0.352 e. The normalized spacial score (nSPS) is 14.4. The van der Waals surface area contributed by atoms with E-state index in [4.69, 9.17) is 11.6 Å². The van der Waals surface area contributed by atoms with Crippen molar-refractivity contribution in [2.45, 2.75) is 70.5 Å². The Bertz CT molecular complexity index is 1440. The summed E-state index contributed by atoms with van der Waals surface area (Å²) in [6.45, 7) is 2.25. The lowest BCUT2D eigenvalue weighted by Crippen LogP contribution is -2.52. The second kappa shape index (κ2) is 14.7. The Morgan fingerprint density at radius 2 is 1.57 bits per heavy atom. The van der Waals surface area contributed by atoms with Gasteiger partial charge in [0, 0.05) is 37.0 Å². The molecule has 0 radical (unpaired) electrons. The van der Waals surface area contributed by atoms with Crippen LogP contribution in [0.3, 0.4) is 0 Å². The summed E-state index contributed by atoms with van der Waals surface area (Å²) in [6, 6.07) is 23.7. The van der Waals surface area contributed by atoms with Gasteiger partial charge in [0.05, 0.1) is 11.9 Å². The molecule has 1 fully saturated rings. The van der Waals surface area contributed by atoms with Crippen LogP contribution in [0.5, 0.6) is 0 Å². The molecule has 7 nitrogen and oxygen atoms in total. The van der Waals surface area contributed by atoms with Crippen LogP contribution >= 0.6 is 11.6 Å². The molecule has 1 saturated carbocycles. The second-order valence-electron chi connectivity index (χ2n) is 11.1. The van der Waals surface area contributed by atoms with E-state index in [1.807, 2.05) is 61.5 Å². The number of hydrogen-bond acceptors (Lipinski definition) is 4. The zero-order valence-electron chi connectivity index (χ0n) is 24.3. The smallest absolute Gasteiger partial charge is 0.243 e. The molecule has 0 heterocycles. The molecule has 3 aromatic rings. The molecule has 1 aliphatic rings. The fourth-order valence-electron chi connectivity index (χ4n) is 5.53. The summed E-state index contributed by atoms with van der Waals surface area (Å²) in [4.78, 5) is 29.4. The van der Waals surface area contributed by atoms with Gasteiger partial charge in [-0.1, -0.05) is 85.1 Å². The third-order valence-corrected chi connectivity index (χ3v) is 9.21. The summed E-state index contributed by atoms with van der Waals surface area (Å²) in [5.41, 5.74) is 3.26. The minimum atomic E-state index is -3.56. The quantitative estimate of drug-likeness (QED) is 0.262. The third-order valence-electron chi connectivity index (χ3n) is 7.78. The summed E-state index contributed by atoms with van der Waals surface area (Å²) < 4.78 is 26.7. The molecule has 1 atom stereocenters. The Morgan fingerprint density at radius 3 is 2.21 bits per heavy atom. The van der Waals surface area contributed by atoms with Crippen LogP contribution in [-0.4, -0.2) is 50.0 Å². The van der Waals surface area contributed by atoms with E-state index in [9.17, 15) is 18.0 Å². The van der Waals surface area contributed by atoms with Gasteiger partial charge in [-0.3, -0.25) is 13.9 Å². The van der Waals surface area contributed by atoms with Crippen LogP contribution in [0.1, 0.15) is 55.2 Å². The predicted octanol–water partition coefficient (Wildman–Crippen LogP) is 5.89. The van der Waals surface area contributed by atoms with Crippen molar-refractivity contribution in [1.82, 2.24) is 10.2 Å². The Balaban J connectivity index is 1.59. The minimum absolute atomic E-state index is 0.0908. The van der Waals surface area contributed by atoms with Crippen LogP contribution in [0.15, 0.2) is 78.9 Å². The molecule has 0 aromatic heterocycles. The molecule has 9 heteroatoms. The maximum Gasteiger partial charge on any atom is 0.243 e. The molecule has 42 heavy (non-hydrogen) atoms. The van der Waals surface area contributed by atoms with Gasteiger partial charge in [0.25, 0.3) is 0 Å². The number of hydrogen-bond donors (Lipinski definition) is 1. The molecule has 3 aromatic carbocycles. The van der Waals surface area contributed by atoms with Gasteiger partial charge in [0.15, 0.2) is 0 Å². The fourth-order valence-corrected chi connectivity index (χ4v) is 6.68. The first-order chi connectivity index (χ1) is 20.1. The van der Waals surface area contributed by atoms with Crippen molar-refractivity contribution in [3.05, 3.63) is 101 Å². The number of carbonyl (C=O) groups excluding carboxylic acids is 2. The second-order valence-corrected chi connectivity index (χ2v) is 13.4. The molecule has 4 rings (SSSR count). The van der Waals surface area contributed by atoms with Crippen molar-refractivity contribution in [1.29, 1.82) is 0 Å². The summed E-state index contributed by atoms with van der Waals surface area (Å²) in [5, 5.41) is 3.80. The Labute approximate surface area is 254 Å². The number of rotatable bonds is 13. The maximum absolute atomic E-state index is 14.0. The van der Waals surface area contributed by atoms with Gasteiger partial charge >= 0.3 is 0 Å². The highest BCUT2D eigenvalue weighted by Crippen LogP contribution is 2.24. The lowest BCUT2D eigenvalue weighted by Gasteiger charge is -2.33. The van der Waals surface area contributed by atoms with Crippen LogP contribution in [0.4, 0.5) is 5.69 Å². The van der Waals surface area contributed by atoms with Crippen LogP contribution in [0.25, 0.3) is 0 Å². The van der Waals surface area contributed by atoms with E-state index in [2.05, 4.69) is 5.32 Å². The van der Waals surface area contributed by atoms with Gasteiger partial charge in [-0.25, -0.2) is 8.42 Å². The number of nitrogens with zero attached hydrogens (tertiary/aromatic N) is 2. The van der Waals surface area contributed by atoms with Gasteiger partial charge in [-0.2, -0.15) is 0 Å². The molecule has 0 saturated heterocycles. The zero-order valence-corrected chi connectivity index (χ0v) is 25.9. The number of anilines is 1. The summed E-state index contributed by atoms with van der Waals surface area (Å²) >= 11 is 6.12. The van der Waals surface area contributed by atoms with E-state index in [0.717, 1.165) is 42.4 Å². The molecule has 0 bridgehead atoms. The van der Waals surface area contributed by atoms with E-state index >= 15 is 0 Å². The molecule has 2 amide bonds. The van der Waals surface area contributed by atoms with Crippen molar-refractivity contribution < 1.29 is 18.0 Å². The van der Waals surface area contributed by atoms with Gasteiger partial charge < -0.3 is 10.2 Å². The molecule has 224 valence electrons. The number of carbonyl (C=O) groups is 2. The van der Waals surface area contributed by atoms with Crippen molar-refractivity contribution in [3.63, 3.8) is 0 Å². The first-order valence-electron chi connectivity index (χ1n) is 14.5. The summed E-state index contributed by atoms with van der Waals surface area (Å²) in [5.74, 6) is -0.364. The molecule has 1 N–H and O–H groups in total. The number of aryl methyl sites for hydroxylation is 1. The highest BCUT2D eigenvalue weighted by molar-refractivity contribution is 7.92. The van der Waals surface area contributed by atoms with Gasteiger partial charge in [-0.15, -0.1) is 0 Å². The van der Waals surface area contributed by atoms with Crippen molar-refractivity contribution in [2.24, 2.45) is 0 Å². The molecule has 1 unspecified atom stereocenters. The standard InChI is InChI=1S/C33H40ClN3O4S/c1-25-11-6-9-16-30(25)37(42(2,40)41)22-10-17-32(38)36(24-27-18-20-28(34)21-19-27)31(23-26-12-4-3-5-13-26)33(39)35-29-14-7-8-15-29/h3-6,9,11-13,16,18-21,29,31H,7-8,10,14-15,17,22-24H2,1-2H3,(H,35,39). The van der Waals surface area contributed by atoms with Crippen LogP contribution < -0.4 is 9.62 Å². The van der Waals surface area contributed by atoms with E-state index in [1.165, 1.54) is 10.6 Å². The fraction of sp³-hybridized carbons (Fsp3) is 0.394. The van der Waals surface area contributed by atoms with Gasteiger partial charge in [0.1, 0.15) is 6.04 Å². The van der Waals surface area contributed by atoms with Gasteiger partial charge in [0.2, 0.25) is 21.8 Å². The molecular weight excluding hydrogens is 570 g/mol. The average molecular weight is 610 g/mol. The highest BCUT2D eigenvalue weighted by Gasteiger charge is 2.32. The van der Waals surface area contributed by atoms with E-state index in [-0.39, 0.29) is 37.4 Å². The number of amides is 2. The minimum Gasteiger partial charge on any atom is -0.352 e. The predicted molar refractivity (Wildman–Crippen MR) is 169 cm³/mol. The number of nitrogens with one attached hydrogen (secondary N) is 1. The SMILES string of the molecule is Cc1ccccc1N(CCCC(=O)N(Cc1ccc(Cl)cc1)C(Cc1ccccc1)C(=O)NC1CCCC1)S(C)(=O)=O. The lowest BCUT2D eigenvalue weighted by molar-refractivity contribution is -0.141. The van der Waals surface area contributed by atoms with Crippen LogP contribution in [0.2, 0.25) is 5.02 Å². The number of halogens is 1. The summed E-state index contributed by atoms with van der Waals surface area (Å²) in [7, 11) is -3.56. The first-order valence-corrected chi connectivity index (χ1v) is 16.8. The highest BCUT2D eigenvalue weighted by atomic mass is 35.5. The molecule has 1 aliphatic carbocycles. The van der Waals surface area contributed by atoms with Crippen molar-refractivity contribution in [2.75, 3.05) is 17.1 Å². The van der Waals surface area contributed by atoms with E-state index < -0.39 is 16.1 Å². The van der Waals surface area contributed by atoms with Gasteiger partial charge in [-0.05, 0) is 61.1 Å². The Morgan fingerprint density at radius 1 is 0.929 bits per heavy atom. The number of benzene rings is 3. The molecule has 0 spiro atoms. The maximum atomic E-state index is 14.0. The van der Waals surface area contributed by atoms with Crippen molar-refractivity contribution in [3.8, 4) is 0 Å². The van der Waals surface area contributed by atoms with Crippen LogP contribution in [0, 0.1) is 6.92 Å². The topological polar surface area (TPSA) is 86.8 Å². The molecule has 0 aliphatic heterocycles. The van der Waals surface area contributed by atoms with Crippen molar-refractivity contribution >= 4 is 39.1 Å². The number of sulfonamides is 1. The summed E-state index contributed by atoms with van der Waals surface area (Å²) in [6.07, 6.45) is 5.99. The monoisotopic (exact) mass is 609 g/mol.